The van der Waals surface area contributed by atoms with Crippen LogP contribution in [0.2, 0.25) is 0 Å². The maximum Gasteiger partial charge on any atom is 0.331 e. The molecule has 0 bridgehead atoms. The predicted molar refractivity (Wildman–Crippen MR) is 505 cm³/mol. The van der Waals surface area contributed by atoms with Gasteiger partial charge in [0.1, 0.15) is 80.7 Å². The lowest BCUT2D eigenvalue weighted by molar-refractivity contribution is -0.154. The Hall–Kier alpha value is -9.36. The van der Waals surface area contributed by atoms with Crippen LogP contribution in [0, 0.1) is 11.8 Å². The molecule has 12 N–H and O–H groups in total. The fourth-order valence-electron chi connectivity index (χ4n) is 20.7. The lowest BCUT2D eigenvalue weighted by atomic mass is 9.74. The SMILES string of the molecule is COCCOCCOCCOC(=O)C(C)(C)NC(=O)[C@@H](NC(=O)C1(NC(=O)C2(NC(=O)C3(NC(=O)C4(NC(=O)c5ccc(-c6ccc(C(=O)NC7(C(=O)NC8(C(=O)NC9(C(=O)NC%10(C(=O)N[C@H](C(=O)NC(C)(C)C(=O)OCCOCCOCCOC)C(C)C)CCCCC%10)CCCCC9)CCCCC8)CCCCC7)cn6)nc5)CCCCC4)CCCCC3)CCCCC2)CCCCC1)C(C)C. The molecule has 0 unspecified atom stereocenters. The van der Waals surface area contributed by atoms with E-state index in [9.17, 15) is 38.4 Å². The van der Waals surface area contributed by atoms with Crippen molar-refractivity contribution in [3.05, 3.63) is 47.8 Å². The van der Waals surface area contributed by atoms with Gasteiger partial charge in [-0.3, -0.25) is 67.5 Å². The van der Waals surface area contributed by atoms with Crippen LogP contribution in [0.1, 0.15) is 333 Å². The first-order valence-corrected chi connectivity index (χ1v) is 50.4. The van der Waals surface area contributed by atoms with Gasteiger partial charge < -0.3 is 102 Å². The molecule has 0 radical (unpaired) electrons. The highest BCUT2D eigenvalue weighted by Gasteiger charge is 2.57. The van der Waals surface area contributed by atoms with Crippen LogP contribution in [0.15, 0.2) is 36.7 Å². The number of methoxy groups -OCH3 is 2. The van der Waals surface area contributed by atoms with Crippen molar-refractivity contribution in [1.82, 2.24) is 73.8 Å². The van der Waals surface area contributed by atoms with E-state index >= 15 is 28.8 Å². The minimum Gasteiger partial charge on any atom is -0.462 e. The van der Waals surface area contributed by atoms with Gasteiger partial charge in [0.05, 0.1) is 88.6 Å². The summed E-state index contributed by atoms with van der Waals surface area (Å²) in [6, 6.07) is 4.10. The summed E-state index contributed by atoms with van der Waals surface area (Å²) < 4.78 is 42.7. The minimum absolute atomic E-state index is 0.0713. The number of carbonyl (C=O) groups excluding carboxylic acids is 14. The number of esters is 2. The largest absolute Gasteiger partial charge is 0.462 e. The fraction of sp³-hybridized carbons (Fsp3) is 0.760. The van der Waals surface area contributed by atoms with Crippen LogP contribution in [0.25, 0.3) is 11.4 Å². The third-order valence-electron chi connectivity index (χ3n) is 29.2. The second-order valence-corrected chi connectivity index (χ2v) is 41.0. The van der Waals surface area contributed by atoms with E-state index in [2.05, 4.69) is 73.8 Å². The summed E-state index contributed by atoms with van der Waals surface area (Å²) in [5.74, 6) is -8.99. The van der Waals surface area contributed by atoms with Crippen LogP contribution >= 0.6 is 0 Å². The van der Waals surface area contributed by atoms with Crippen molar-refractivity contribution in [3.8, 4) is 11.4 Å². The molecule has 2 atom stereocenters. The molecule has 0 spiro atoms. The molecule has 2 aromatic rings. The molecule has 8 aliphatic carbocycles. The predicted octanol–water partition coefficient (Wildman–Crippen LogP) is 8.44. The first-order valence-electron chi connectivity index (χ1n) is 50.4. The highest BCUT2D eigenvalue weighted by atomic mass is 16.6. The van der Waals surface area contributed by atoms with Crippen molar-refractivity contribution in [1.29, 1.82) is 0 Å². The number of hydrogen-bond acceptors (Lipinski definition) is 24. The molecule has 2 aromatic heterocycles. The van der Waals surface area contributed by atoms with E-state index < -0.39 is 162 Å². The van der Waals surface area contributed by atoms with Gasteiger partial charge in [0, 0.05) is 26.6 Å². The molecule has 0 aliphatic heterocycles. The number of aromatic nitrogens is 2. The Morgan fingerprint density at radius 3 is 0.699 bits per heavy atom. The summed E-state index contributed by atoms with van der Waals surface area (Å²) in [5.41, 5.74) is -13.7. The van der Waals surface area contributed by atoms with Crippen molar-refractivity contribution < 1.29 is 105 Å². The maximum absolute atomic E-state index is 15.5. The normalized spacial score (nSPS) is 20.3. The smallest absolute Gasteiger partial charge is 0.331 e. The van der Waals surface area contributed by atoms with Crippen molar-refractivity contribution in [3.63, 3.8) is 0 Å². The number of ether oxygens (including phenoxy) is 8. The van der Waals surface area contributed by atoms with Gasteiger partial charge >= 0.3 is 11.9 Å². The van der Waals surface area contributed by atoms with E-state index in [1.165, 1.54) is 40.1 Å². The third kappa shape index (κ3) is 28.5. The maximum atomic E-state index is 15.5. The van der Waals surface area contributed by atoms with E-state index in [4.69, 9.17) is 37.9 Å². The molecular weight excluding hydrogens is 1750 g/mol. The number of nitrogens with zero attached hydrogens (tertiary/aromatic N) is 2. The van der Waals surface area contributed by atoms with E-state index in [1.54, 1.807) is 66.2 Å². The van der Waals surface area contributed by atoms with Crippen LogP contribution < -0.4 is 63.8 Å². The van der Waals surface area contributed by atoms with Gasteiger partial charge in [-0.1, -0.05) is 182 Å². The standard InChI is InChI=1S/C100H156N14O22/c1-69(2)75(79(117)105-91(5,6)89(127)135-65-63-133-61-59-131-57-55-129-9)103-81(119)93(39-19-11-20-40-93)109-85(123)97(47-27-15-28-48-97)113-87(125)99(51-31-17-32-52-99)111-83(121)95(43-23-13-24-44-95)107-77(115)71-35-37-73(101-67-71)74-38-36-72(68-102-74)78(116)108-96(45-25-14-26-46-96)84(122)112-100(53-33-18-34-54-100)88(126)114-98(49-29-16-30-50-98)86(124)110-94(41-21-12-22-42-94)82(120)104-76(70(3)4)80(118)106-92(7,8)90(128)136-66-64-134-62-60-132-58-56-130-10/h35-38,67-70,75-76H,11-34,39-66H2,1-10H3,(H,103,119)(H,104,120)(H,105,117)(H,106,118)(H,107,115)(H,108,116)(H,109,123)(H,110,124)(H,111,121)(H,112,122)(H,113,125)(H,114,126)/t75-,76-/m0/s1. The van der Waals surface area contributed by atoms with Crippen molar-refractivity contribution in [2.45, 2.75) is 380 Å². The Morgan fingerprint density at radius 2 is 0.493 bits per heavy atom. The summed E-state index contributed by atoms with van der Waals surface area (Å²) in [5, 5.41) is 36.9. The Balaban J connectivity index is 0.764. The lowest BCUT2D eigenvalue weighted by Gasteiger charge is -2.46. The van der Waals surface area contributed by atoms with Crippen molar-refractivity contribution >= 4 is 82.8 Å². The molecule has 8 fully saturated rings. The molecular formula is C100H156N14O22. The zero-order valence-electron chi connectivity index (χ0n) is 82.4. The van der Waals surface area contributed by atoms with E-state index in [-0.39, 0.29) is 154 Å². The summed E-state index contributed by atoms with van der Waals surface area (Å²) >= 11 is 0. The molecule has 10 rings (SSSR count). The Bertz CT molecular complexity index is 4070. The van der Waals surface area contributed by atoms with Crippen LogP contribution in [0.4, 0.5) is 0 Å². The Labute approximate surface area is 801 Å². The quantitative estimate of drug-likeness (QED) is 0.0218. The van der Waals surface area contributed by atoms with E-state index in [0.717, 1.165) is 51.4 Å². The Kier molecular flexibility index (Phi) is 40.3. The number of pyridine rings is 2. The molecule has 12 amide bonds. The first kappa shape index (κ1) is 109. The second-order valence-electron chi connectivity index (χ2n) is 41.0. The van der Waals surface area contributed by atoms with Crippen LogP contribution in [0.3, 0.4) is 0 Å². The summed E-state index contributed by atoms with van der Waals surface area (Å²) in [4.78, 5) is 216. The van der Waals surface area contributed by atoms with Crippen LogP contribution in [-0.2, 0) is 95.4 Å². The summed E-state index contributed by atoms with van der Waals surface area (Å²) in [6.07, 6.45) is 23.1. The van der Waals surface area contributed by atoms with Gasteiger partial charge in [-0.2, -0.15) is 0 Å². The molecule has 136 heavy (non-hydrogen) atoms. The van der Waals surface area contributed by atoms with Crippen LogP contribution in [-0.4, -0.2) is 254 Å². The average Bonchev–Trinajstić information content (AvgIpc) is 0.761. The number of hydrogen-bond donors (Lipinski definition) is 12. The number of nitrogens with one attached hydrogen (secondary N) is 12. The number of carbonyl (C=O) groups is 14. The minimum atomic E-state index is -1.50. The number of rotatable bonds is 47. The van der Waals surface area contributed by atoms with Gasteiger partial charge in [-0.05, 0) is 167 Å². The topological polar surface area (TPSA) is 483 Å². The van der Waals surface area contributed by atoms with Crippen LogP contribution in [0.5, 0.6) is 0 Å². The van der Waals surface area contributed by atoms with Gasteiger partial charge in [0.25, 0.3) is 11.8 Å². The zero-order chi connectivity index (χ0) is 98.3. The van der Waals surface area contributed by atoms with Crippen molar-refractivity contribution in [2.75, 3.05) is 93.5 Å². The van der Waals surface area contributed by atoms with Gasteiger partial charge in [0.15, 0.2) is 0 Å². The highest BCUT2D eigenvalue weighted by molar-refractivity contribution is 6.06. The number of amides is 12. The van der Waals surface area contributed by atoms with Gasteiger partial charge in [-0.25, -0.2) is 9.59 Å². The molecule has 36 heteroatoms. The molecule has 2 heterocycles. The Morgan fingerprint density at radius 1 is 0.287 bits per heavy atom. The molecule has 758 valence electrons. The average molecular weight is 1910 g/mol. The molecule has 0 saturated heterocycles. The first-order chi connectivity index (χ1) is 65.0. The third-order valence-corrected chi connectivity index (χ3v) is 29.2. The van der Waals surface area contributed by atoms with Crippen molar-refractivity contribution in [2.24, 2.45) is 11.8 Å². The fourth-order valence-corrected chi connectivity index (χ4v) is 20.7. The van der Waals surface area contributed by atoms with Gasteiger partial charge in [0.2, 0.25) is 59.1 Å². The van der Waals surface area contributed by atoms with E-state index in [0.29, 0.717) is 154 Å². The molecule has 8 saturated carbocycles. The van der Waals surface area contributed by atoms with E-state index in [1.807, 2.05) is 0 Å². The summed E-state index contributed by atoms with van der Waals surface area (Å²) in [7, 11) is 3.16. The molecule has 8 aliphatic rings. The van der Waals surface area contributed by atoms with Gasteiger partial charge in [-0.15, -0.1) is 0 Å². The lowest BCUT2D eigenvalue weighted by Crippen LogP contribution is -2.72. The highest BCUT2D eigenvalue weighted by Crippen LogP contribution is 2.41. The second kappa shape index (κ2) is 50.5. The monoisotopic (exact) mass is 1910 g/mol. The summed E-state index contributed by atoms with van der Waals surface area (Å²) in [6.45, 7) is 16.1. The zero-order valence-corrected chi connectivity index (χ0v) is 82.4. The molecule has 0 aromatic carbocycles. The molecule has 36 nitrogen and oxygen atoms in total.